The standard InChI is InChI=1S/C25H30FN3O4/c1-3-14-25(24(31)29-27-15-13-19-5-9-21(26)10-6-19)18(2)33-23(28-25)20-7-11-22(12-8-20)32-17-4-16-30/h3,5-12,18,27,30H,1,4,13-17H2,2H3,(H,29,31)/t18-,25-/m0/s1. The van der Waals surface area contributed by atoms with Crippen LogP contribution in [0.15, 0.2) is 66.2 Å². The van der Waals surface area contributed by atoms with Crippen molar-refractivity contribution in [3.05, 3.63) is 78.1 Å². The molecule has 8 heteroatoms. The minimum Gasteiger partial charge on any atom is -0.494 e. The molecule has 0 unspecified atom stereocenters. The minimum absolute atomic E-state index is 0.0785. The van der Waals surface area contributed by atoms with Gasteiger partial charge in [-0.25, -0.2) is 14.8 Å². The number of amides is 1. The highest BCUT2D eigenvalue weighted by Crippen LogP contribution is 2.32. The zero-order valence-corrected chi connectivity index (χ0v) is 18.7. The summed E-state index contributed by atoms with van der Waals surface area (Å²) in [5.74, 6) is 0.471. The summed E-state index contributed by atoms with van der Waals surface area (Å²) in [4.78, 5) is 17.8. The number of aliphatic imine (C=N–C) groups is 1. The fourth-order valence-corrected chi connectivity index (χ4v) is 3.51. The van der Waals surface area contributed by atoms with Gasteiger partial charge in [-0.3, -0.25) is 10.2 Å². The highest BCUT2D eigenvalue weighted by Gasteiger charge is 2.49. The van der Waals surface area contributed by atoms with E-state index in [1.165, 1.54) is 12.1 Å². The molecule has 176 valence electrons. The summed E-state index contributed by atoms with van der Waals surface area (Å²) in [5, 5.41) is 8.85. The molecule has 3 N–H and O–H groups in total. The van der Waals surface area contributed by atoms with E-state index in [2.05, 4.69) is 22.4 Å². The third kappa shape index (κ3) is 6.18. The Morgan fingerprint density at radius 3 is 2.67 bits per heavy atom. The van der Waals surface area contributed by atoms with Gasteiger partial charge in [-0.05, 0) is 55.3 Å². The Kier molecular flexibility index (Phi) is 8.57. The normalized spacial score (nSPS) is 19.5. The number of halogens is 1. The van der Waals surface area contributed by atoms with Gasteiger partial charge in [-0.2, -0.15) is 0 Å². The second kappa shape index (κ2) is 11.6. The molecule has 2 atom stereocenters. The monoisotopic (exact) mass is 455 g/mol. The number of hydrazine groups is 1. The van der Waals surface area contributed by atoms with Crippen LogP contribution in [0.1, 0.15) is 30.9 Å². The first-order valence-corrected chi connectivity index (χ1v) is 11.0. The zero-order valence-electron chi connectivity index (χ0n) is 18.7. The van der Waals surface area contributed by atoms with Crippen LogP contribution in [0.3, 0.4) is 0 Å². The summed E-state index contributed by atoms with van der Waals surface area (Å²) in [5.41, 5.74) is 6.21. The molecular weight excluding hydrogens is 425 g/mol. The molecule has 1 aliphatic rings. The van der Waals surface area contributed by atoms with Gasteiger partial charge in [0.25, 0.3) is 5.91 Å². The highest BCUT2D eigenvalue weighted by atomic mass is 19.1. The molecule has 0 fully saturated rings. The minimum atomic E-state index is -1.14. The van der Waals surface area contributed by atoms with E-state index < -0.39 is 11.6 Å². The fourth-order valence-electron chi connectivity index (χ4n) is 3.51. The molecule has 1 amide bonds. The number of rotatable bonds is 12. The number of nitrogens with one attached hydrogen (secondary N) is 2. The number of benzene rings is 2. The van der Waals surface area contributed by atoms with Crippen molar-refractivity contribution in [2.45, 2.75) is 37.8 Å². The van der Waals surface area contributed by atoms with E-state index in [1.54, 1.807) is 30.3 Å². The lowest BCUT2D eigenvalue weighted by molar-refractivity contribution is -0.129. The van der Waals surface area contributed by atoms with Gasteiger partial charge >= 0.3 is 0 Å². The molecule has 0 saturated carbocycles. The van der Waals surface area contributed by atoms with Crippen molar-refractivity contribution < 1.29 is 23.8 Å². The van der Waals surface area contributed by atoms with E-state index in [0.717, 1.165) is 11.1 Å². The number of nitrogens with zero attached hydrogens (tertiary/aromatic N) is 1. The molecule has 0 spiro atoms. The van der Waals surface area contributed by atoms with Crippen LogP contribution < -0.4 is 15.6 Å². The summed E-state index contributed by atoms with van der Waals surface area (Å²) < 4.78 is 24.5. The third-order valence-electron chi connectivity index (χ3n) is 5.44. The van der Waals surface area contributed by atoms with Gasteiger partial charge in [0.1, 0.15) is 17.7 Å². The van der Waals surface area contributed by atoms with Gasteiger partial charge < -0.3 is 14.6 Å². The number of aliphatic hydroxyl groups excluding tert-OH is 1. The van der Waals surface area contributed by atoms with E-state index in [1.807, 2.05) is 19.1 Å². The molecule has 0 aromatic heterocycles. The van der Waals surface area contributed by atoms with Crippen molar-refractivity contribution in [2.75, 3.05) is 19.8 Å². The molecule has 0 radical (unpaired) electrons. The maximum absolute atomic E-state index is 13.1. The molecule has 7 nitrogen and oxygen atoms in total. The van der Waals surface area contributed by atoms with E-state index >= 15 is 0 Å². The van der Waals surface area contributed by atoms with Gasteiger partial charge in [0.15, 0.2) is 5.54 Å². The fraction of sp³-hybridized carbons (Fsp3) is 0.360. The molecule has 2 aromatic carbocycles. The van der Waals surface area contributed by atoms with Crippen molar-refractivity contribution in [3.63, 3.8) is 0 Å². The molecule has 1 aliphatic heterocycles. The van der Waals surface area contributed by atoms with Crippen molar-refractivity contribution in [2.24, 2.45) is 4.99 Å². The second-order valence-corrected chi connectivity index (χ2v) is 7.80. The maximum atomic E-state index is 13.1. The Bertz CT molecular complexity index is 963. The summed E-state index contributed by atoms with van der Waals surface area (Å²) >= 11 is 0. The van der Waals surface area contributed by atoms with Gasteiger partial charge in [0.2, 0.25) is 5.90 Å². The van der Waals surface area contributed by atoms with Gasteiger partial charge in [-0.15, -0.1) is 6.58 Å². The first-order valence-electron chi connectivity index (χ1n) is 11.0. The first kappa shape index (κ1) is 24.4. The van der Waals surface area contributed by atoms with E-state index in [9.17, 15) is 9.18 Å². The van der Waals surface area contributed by atoms with Gasteiger partial charge in [0.05, 0.1) is 6.61 Å². The van der Waals surface area contributed by atoms with Crippen LogP contribution in [-0.4, -0.2) is 48.3 Å². The number of hydrogen-bond acceptors (Lipinski definition) is 6. The van der Waals surface area contributed by atoms with Crippen molar-refractivity contribution in [1.29, 1.82) is 0 Å². The summed E-state index contributed by atoms with van der Waals surface area (Å²) in [7, 11) is 0. The Morgan fingerprint density at radius 1 is 1.27 bits per heavy atom. The summed E-state index contributed by atoms with van der Waals surface area (Å²) in [6.45, 7) is 6.58. The number of hydrogen-bond donors (Lipinski definition) is 3. The molecular formula is C25H30FN3O4. The predicted molar refractivity (Wildman–Crippen MR) is 125 cm³/mol. The molecule has 33 heavy (non-hydrogen) atoms. The van der Waals surface area contributed by atoms with Crippen LogP contribution in [-0.2, 0) is 16.0 Å². The number of aliphatic hydroxyl groups is 1. The Balaban J connectivity index is 1.63. The molecule has 0 aliphatic carbocycles. The molecule has 0 saturated heterocycles. The Labute approximate surface area is 193 Å². The van der Waals surface area contributed by atoms with Gasteiger partial charge in [0, 0.05) is 31.6 Å². The topological polar surface area (TPSA) is 92.2 Å². The van der Waals surface area contributed by atoms with Crippen LogP contribution in [0.5, 0.6) is 5.75 Å². The summed E-state index contributed by atoms with van der Waals surface area (Å²) in [6, 6.07) is 13.5. The number of carbonyl (C=O) groups excluding carboxylic acids is 1. The first-order chi connectivity index (χ1) is 16.0. The van der Waals surface area contributed by atoms with Crippen LogP contribution in [0.25, 0.3) is 0 Å². The molecule has 1 heterocycles. The van der Waals surface area contributed by atoms with Crippen LogP contribution >= 0.6 is 0 Å². The van der Waals surface area contributed by atoms with E-state index in [0.29, 0.717) is 44.1 Å². The average molecular weight is 456 g/mol. The quantitative estimate of drug-likeness (QED) is 0.260. The smallest absolute Gasteiger partial charge is 0.266 e. The largest absolute Gasteiger partial charge is 0.494 e. The van der Waals surface area contributed by atoms with Gasteiger partial charge in [-0.1, -0.05) is 18.2 Å². The van der Waals surface area contributed by atoms with Crippen LogP contribution in [0, 0.1) is 5.82 Å². The SMILES string of the molecule is C=CC[C@]1(C(=O)NNCCc2ccc(F)cc2)N=C(c2ccc(OCCCO)cc2)O[C@H]1C. The Hall–Kier alpha value is -3.23. The lowest BCUT2D eigenvalue weighted by Gasteiger charge is -2.26. The maximum Gasteiger partial charge on any atom is 0.266 e. The Morgan fingerprint density at radius 2 is 2.00 bits per heavy atom. The van der Waals surface area contributed by atoms with Crippen molar-refractivity contribution >= 4 is 11.8 Å². The van der Waals surface area contributed by atoms with Crippen LogP contribution in [0.2, 0.25) is 0 Å². The molecule has 2 aromatic rings. The number of carbonyl (C=O) groups is 1. The highest BCUT2D eigenvalue weighted by molar-refractivity contribution is 6.00. The molecule has 0 bridgehead atoms. The number of ether oxygens (including phenoxy) is 2. The third-order valence-corrected chi connectivity index (χ3v) is 5.44. The predicted octanol–water partition coefficient (Wildman–Crippen LogP) is 2.93. The van der Waals surface area contributed by atoms with E-state index in [-0.39, 0.29) is 18.3 Å². The van der Waals surface area contributed by atoms with Crippen molar-refractivity contribution in [1.82, 2.24) is 10.9 Å². The lowest BCUT2D eigenvalue weighted by Crippen LogP contribution is -2.54. The summed E-state index contributed by atoms with van der Waals surface area (Å²) in [6.07, 6.45) is 2.66. The average Bonchev–Trinajstić information content (AvgIpc) is 3.16. The van der Waals surface area contributed by atoms with E-state index in [4.69, 9.17) is 14.6 Å². The van der Waals surface area contributed by atoms with Crippen LogP contribution in [0.4, 0.5) is 4.39 Å². The molecule has 3 rings (SSSR count). The van der Waals surface area contributed by atoms with Crippen molar-refractivity contribution in [3.8, 4) is 5.75 Å². The zero-order chi connectivity index (χ0) is 23.7. The second-order valence-electron chi connectivity index (χ2n) is 7.80. The lowest BCUT2D eigenvalue weighted by atomic mass is 9.90.